The quantitative estimate of drug-likeness (QED) is 0.569. The minimum atomic E-state index is -0.870. The fourth-order valence-corrected chi connectivity index (χ4v) is 4.74. The van der Waals surface area contributed by atoms with Gasteiger partial charge in [-0.2, -0.15) is 0 Å². The molecule has 3 rings (SSSR count). The minimum Gasteiger partial charge on any atom is -0.508 e. The molecule has 158 valence electrons. The molecule has 4 nitrogen and oxygen atoms in total. The van der Waals surface area contributed by atoms with Crippen molar-refractivity contribution in [3.8, 4) is 11.5 Å². The number of phenols is 1. The summed E-state index contributed by atoms with van der Waals surface area (Å²) in [4.78, 5) is 11.6. The smallest absolute Gasteiger partial charge is 0.331 e. The average molecular weight is 399 g/mol. The van der Waals surface area contributed by atoms with Crippen LogP contribution in [-0.4, -0.2) is 21.8 Å². The van der Waals surface area contributed by atoms with E-state index in [4.69, 9.17) is 4.74 Å². The molecular weight excluding hydrogens is 364 g/mol. The fourth-order valence-electron chi connectivity index (χ4n) is 4.74. The number of aliphatic carboxylic acids is 1. The molecule has 0 saturated heterocycles. The number of carboxylic acids is 1. The van der Waals surface area contributed by atoms with Gasteiger partial charge in [0, 0.05) is 23.0 Å². The van der Waals surface area contributed by atoms with Gasteiger partial charge in [-0.05, 0) is 62.6 Å². The molecule has 1 heterocycles. The standard InChI is InChI=1S/C25H34O4/c1-6-7-8-9-12-24(2,3)17-14-20(26)22-18-13-16(23(27)28)10-11-19(18)25(4,5)29-21(22)15-17/h8-10,14-15,18-19,26H,6-7,11-13H2,1-5H3,(H,27,28)/b9-8-/t18-,19-/m1/s1. The zero-order valence-corrected chi connectivity index (χ0v) is 18.3. The monoisotopic (exact) mass is 398 g/mol. The molecule has 0 aromatic heterocycles. The van der Waals surface area contributed by atoms with E-state index in [9.17, 15) is 15.0 Å². The van der Waals surface area contributed by atoms with Crippen LogP contribution in [0.4, 0.5) is 0 Å². The Kier molecular flexibility index (Phi) is 5.84. The Morgan fingerprint density at radius 2 is 2.03 bits per heavy atom. The maximum absolute atomic E-state index is 11.6. The molecule has 0 unspecified atom stereocenters. The van der Waals surface area contributed by atoms with Gasteiger partial charge in [0.1, 0.15) is 17.1 Å². The molecule has 1 aliphatic carbocycles. The van der Waals surface area contributed by atoms with Crippen LogP contribution >= 0.6 is 0 Å². The number of rotatable bonds is 6. The molecule has 0 fully saturated rings. The summed E-state index contributed by atoms with van der Waals surface area (Å²) >= 11 is 0. The van der Waals surface area contributed by atoms with Crippen molar-refractivity contribution in [1.82, 2.24) is 0 Å². The molecule has 1 aromatic carbocycles. The summed E-state index contributed by atoms with van der Waals surface area (Å²) in [5, 5.41) is 20.5. The summed E-state index contributed by atoms with van der Waals surface area (Å²) in [6.07, 6.45) is 10.4. The Hall–Kier alpha value is -2.23. The molecule has 0 spiro atoms. The summed E-state index contributed by atoms with van der Waals surface area (Å²) in [5.41, 5.74) is 1.67. The van der Waals surface area contributed by atoms with Crippen LogP contribution in [0.25, 0.3) is 0 Å². The lowest BCUT2D eigenvalue weighted by atomic mass is 9.66. The van der Waals surface area contributed by atoms with Crippen LogP contribution in [0, 0.1) is 5.92 Å². The second-order valence-electron chi connectivity index (χ2n) is 9.65. The summed E-state index contributed by atoms with van der Waals surface area (Å²) in [6, 6.07) is 3.91. The number of unbranched alkanes of at least 4 members (excludes halogenated alkanes) is 1. The van der Waals surface area contributed by atoms with Crippen LogP contribution in [0.3, 0.4) is 0 Å². The number of phenolic OH excluding ortho intramolecular Hbond substituents is 1. The lowest BCUT2D eigenvalue weighted by molar-refractivity contribution is -0.133. The van der Waals surface area contributed by atoms with E-state index in [0.717, 1.165) is 30.4 Å². The lowest BCUT2D eigenvalue weighted by Crippen LogP contribution is -2.45. The molecule has 0 saturated carbocycles. The van der Waals surface area contributed by atoms with Crippen molar-refractivity contribution in [2.45, 2.75) is 83.7 Å². The molecule has 4 heteroatoms. The number of fused-ring (bicyclic) bond motifs is 3. The van der Waals surface area contributed by atoms with E-state index in [-0.39, 0.29) is 23.0 Å². The first kappa shape index (κ1) is 21.5. The number of hydrogen-bond acceptors (Lipinski definition) is 3. The van der Waals surface area contributed by atoms with E-state index in [2.05, 4.69) is 52.8 Å². The predicted octanol–water partition coefficient (Wildman–Crippen LogP) is 6.09. The number of hydrogen-bond donors (Lipinski definition) is 2. The van der Waals surface area contributed by atoms with Crippen LogP contribution in [0.5, 0.6) is 11.5 Å². The van der Waals surface area contributed by atoms with Gasteiger partial charge in [-0.25, -0.2) is 4.79 Å². The average Bonchev–Trinajstić information content (AvgIpc) is 2.64. The van der Waals surface area contributed by atoms with Crippen molar-refractivity contribution in [1.29, 1.82) is 0 Å². The fraction of sp³-hybridized carbons (Fsp3) is 0.560. The van der Waals surface area contributed by atoms with E-state index in [0.29, 0.717) is 24.2 Å². The first-order valence-electron chi connectivity index (χ1n) is 10.7. The van der Waals surface area contributed by atoms with Crippen molar-refractivity contribution in [3.63, 3.8) is 0 Å². The largest absolute Gasteiger partial charge is 0.508 e. The molecule has 0 radical (unpaired) electrons. The number of ether oxygens (including phenoxy) is 1. The third-order valence-electron chi connectivity index (χ3n) is 6.61. The Morgan fingerprint density at radius 3 is 2.69 bits per heavy atom. The Balaban J connectivity index is 1.99. The van der Waals surface area contributed by atoms with Crippen molar-refractivity contribution in [2.24, 2.45) is 5.92 Å². The number of benzene rings is 1. The highest BCUT2D eigenvalue weighted by molar-refractivity contribution is 5.87. The lowest BCUT2D eigenvalue weighted by Gasteiger charge is -2.47. The zero-order valence-electron chi connectivity index (χ0n) is 18.3. The van der Waals surface area contributed by atoms with Gasteiger partial charge in [0.05, 0.1) is 0 Å². The Bertz CT molecular complexity index is 845. The zero-order chi connectivity index (χ0) is 21.4. The van der Waals surface area contributed by atoms with Crippen LogP contribution < -0.4 is 4.74 Å². The third-order valence-corrected chi connectivity index (χ3v) is 6.61. The first-order chi connectivity index (χ1) is 13.6. The number of aromatic hydroxyl groups is 1. The van der Waals surface area contributed by atoms with Gasteiger partial charge in [-0.3, -0.25) is 0 Å². The maximum atomic E-state index is 11.6. The van der Waals surface area contributed by atoms with E-state index < -0.39 is 11.6 Å². The molecule has 2 aliphatic rings. The molecule has 2 atom stereocenters. The van der Waals surface area contributed by atoms with Gasteiger partial charge in [-0.1, -0.05) is 45.4 Å². The number of allylic oxidation sites excluding steroid dienone is 3. The topological polar surface area (TPSA) is 66.8 Å². The Morgan fingerprint density at radius 1 is 1.31 bits per heavy atom. The molecule has 2 N–H and O–H groups in total. The second kappa shape index (κ2) is 7.89. The van der Waals surface area contributed by atoms with Crippen LogP contribution in [-0.2, 0) is 10.2 Å². The third kappa shape index (κ3) is 4.22. The van der Waals surface area contributed by atoms with Crippen LogP contribution in [0.15, 0.2) is 35.9 Å². The van der Waals surface area contributed by atoms with E-state index >= 15 is 0 Å². The summed E-state index contributed by atoms with van der Waals surface area (Å²) < 4.78 is 6.39. The molecule has 1 aromatic rings. The van der Waals surface area contributed by atoms with Crippen molar-refractivity contribution < 1.29 is 19.7 Å². The molecular formula is C25H34O4. The summed E-state index contributed by atoms with van der Waals surface area (Å²) in [5.74, 6) is 0.139. The molecule has 0 bridgehead atoms. The predicted molar refractivity (Wildman–Crippen MR) is 116 cm³/mol. The van der Waals surface area contributed by atoms with Crippen molar-refractivity contribution >= 4 is 5.97 Å². The highest BCUT2D eigenvalue weighted by Gasteiger charge is 2.47. The number of carboxylic acid groups (broad SMARTS) is 1. The van der Waals surface area contributed by atoms with Gasteiger partial charge in [0.2, 0.25) is 0 Å². The maximum Gasteiger partial charge on any atom is 0.331 e. The van der Waals surface area contributed by atoms with E-state index in [1.54, 1.807) is 0 Å². The van der Waals surface area contributed by atoms with Crippen LogP contribution in [0.2, 0.25) is 0 Å². The van der Waals surface area contributed by atoms with Gasteiger partial charge >= 0.3 is 5.97 Å². The summed E-state index contributed by atoms with van der Waals surface area (Å²) in [6.45, 7) is 10.6. The Labute approximate surface area is 174 Å². The van der Waals surface area contributed by atoms with Gasteiger partial charge in [0.25, 0.3) is 0 Å². The molecule has 0 amide bonds. The van der Waals surface area contributed by atoms with Crippen molar-refractivity contribution in [3.05, 3.63) is 47.1 Å². The van der Waals surface area contributed by atoms with Gasteiger partial charge in [-0.15, -0.1) is 0 Å². The van der Waals surface area contributed by atoms with Gasteiger partial charge in [0.15, 0.2) is 0 Å². The molecule has 1 aliphatic heterocycles. The molecule has 29 heavy (non-hydrogen) atoms. The van der Waals surface area contributed by atoms with E-state index in [1.807, 2.05) is 12.1 Å². The second-order valence-corrected chi connectivity index (χ2v) is 9.65. The summed E-state index contributed by atoms with van der Waals surface area (Å²) in [7, 11) is 0. The minimum absolute atomic E-state index is 0.0496. The van der Waals surface area contributed by atoms with E-state index in [1.165, 1.54) is 0 Å². The highest BCUT2D eigenvalue weighted by Crippen LogP contribution is 2.55. The number of carbonyl (C=O) groups is 1. The highest BCUT2D eigenvalue weighted by atomic mass is 16.5. The van der Waals surface area contributed by atoms with Gasteiger partial charge < -0.3 is 14.9 Å². The normalized spacial score (nSPS) is 23.1. The first-order valence-corrected chi connectivity index (χ1v) is 10.7. The van der Waals surface area contributed by atoms with Crippen molar-refractivity contribution in [2.75, 3.05) is 0 Å². The van der Waals surface area contributed by atoms with Crippen LogP contribution in [0.1, 0.15) is 83.8 Å². The SMILES string of the molecule is CCC/C=C\CC(C)(C)c1cc(O)c2c(c1)OC(C)(C)[C@@H]1CC=C(C(=O)O)C[C@@H]21.